The molecule has 24 heavy (non-hydrogen) atoms. The summed E-state index contributed by atoms with van der Waals surface area (Å²) in [5.41, 5.74) is 1.16. The lowest BCUT2D eigenvalue weighted by Crippen LogP contribution is -2.43. The Hall–Kier alpha value is -0.410. The van der Waals surface area contributed by atoms with Gasteiger partial charge in [0.15, 0.2) is 5.96 Å². The van der Waals surface area contributed by atoms with Crippen molar-refractivity contribution in [1.29, 1.82) is 0 Å². The molecule has 1 heterocycles. The van der Waals surface area contributed by atoms with Gasteiger partial charge in [-0.05, 0) is 33.7 Å². The molecule has 1 saturated carbocycles. The number of rotatable bonds is 7. The first-order valence-corrected chi connectivity index (χ1v) is 9.49. The van der Waals surface area contributed by atoms with E-state index in [0.717, 1.165) is 43.8 Å². The average Bonchev–Trinajstić information content (AvgIpc) is 3.16. The number of hydrogen-bond donors (Lipinski definition) is 2. The molecule has 1 aliphatic rings. The Balaban J connectivity index is 0.00000288. The van der Waals surface area contributed by atoms with Crippen molar-refractivity contribution < 1.29 is 0 Å². The highest BCUT2D eigenvalue weighted by atomic mass is 127. The number of halogens is 1. The SMILES string of the molecule is CN=C(NCCc1nc(C)c(C)s1)NCCN(C)C1CCCC1.I. The van der Waals surface area contributed by atoms with E-state index in [1.165, 1.54) is 35.6 Å². The van der Waals surface area contributed by atoms with Crippen LogP contribution >= 0.6 is 35.3 Å². The Morgan fingerprint density at radius 3 is 2.50 bits per heavy atom. The van der Waals surface area contributed by atoms with E-state index >= 15 is 0 Å². The van der Waals surface area contributed by atoms with Gasteiger partial charge in [0, 0.05) is 44.0 Å². The van der Waals surface area contributed by atoms with Crippen molar-refractivity contribution in [2.75, 3.05) is 33.7 Å². The highest BCUT2D eigenvalue weighted by Gasteiger charge is 2.18. The molecule has 1 aromatic heterocycles. The van der Waals surface area contributed by atoms with E-state index in [0.29, 0.717) is 0 Å². The molecule has 0 spiro atoms. The molecule has 138 valence electrons. The zero-order valence-corrected chi connectivity index (χ0v) is 18.5. The second kappa shape index (κ2) is 11.3. The molecule has 7 heteroatoms. The summed E-state index contributed by atoms with van der Waals surface area (Å²) in [5, 5.41) is 7.98. The second-order valence-electron chi connectivity index (χ2n) is 6.34. The van der Waals surface area contributed by atoms with Gasteiger partial charge in [-0.3, -0.25) is 4.99 Å². The largest absolute Gasteiger partial charge is 0.356 e. The van der Waals surface area contributed by atoms with Crippen LogP contribution in [0.1, 0.15) is 41.3 Å². The van der Waals surface area contributed by atoms with Gasteiger partial charge in [0.1, 0.15) is 0 Å². The van der Waals surface area contributed by atoms with Crippen molar-refractivity contribution in [2.45, 2.75) is 52.0 Å². The van der Waals surface area contributed by atoms with Crippen molar-refractivity contribution in [3.05, 3.63) is 15.6 Å². The lowest BCUT2D eigenvalue weighted by atomic mass is 10.2. The maximum absolute atomic E-state index is 4.57. The van der Waals surface area contributed by atoms with Crippen LogP contribution in [0.4, 0.5) is 0 Å². The quantitative estimate of drug-likeness (QED) is 0.370. The summed E-state index contributed by atoms with van der Waals surface area (Å²) in [6.45, 7) is 7.07. The van der Waals surface area contributed by atoms with Crippen molar-refractivity contribution in [3.63, 3.8) is 0 Å². The summed E-state index contributed by atoms with van der Waals surface area (Å²) in [5.74, 6) is 0.884. The first-order valence-electron chi connectivity index (χ1n) is 8.68. The molecule has 0 atom stereocenters. The number of thiazole rings is 1. The van der Waals surface area contributed by atoms with Crippen LogP contribution < -0.4 is 10.6 Å². The Bertz CT molecular complexity index is 492. The number of nitrogens with zero attached hydrogens (tertiary/aromatic N) is 3. The molecule has 0 saturated heterocycles. The van der Waals surface area contributed by atoms with Gasteiger partial charge in [0.25, 0.3) is 0 Å². The summed E-state index contributed by atoms with van der Waals surface area (Å²) >= 11 is 1.79. The smallest absolute Gasteiger partial charge is 0.191 e. The predicted molar refractivity (Wildman–Crippen MR) is 115 cm³/mol. The number of likely N-dealkylation sites (N-methyl/N-ethyl adjacent to an activating group) is 1. The molecule has 1 fully saturated rings. The van der Waals surface area contributed by atoms with Crippen LogP contribution in [0.25, 0.3) is 0 Å². The maximum atomic E-state index is 4.57. The Morgan fingerprint density at radius 1 is 1.25 bits per heavy atom. The van der Waals surface area contributed by atoms with E-state index in [1.54, 1.807) is 11.3 Å². The molecule has 2 rings (SSSR count). The van der Waals surface area contributed by atoms with Gasteiger partial charge in [0.2, 0.25) is 0 Å². The van der Waals surface area contributed by atoms with Gasteiger partial charge in [0.05, 0.1) is 10.7 Å². The minimum absolute atomic E-state index is 0. The first kappa shape index (κ1) is 21.6. The Morgan fingerprint density at radius 2 is 1.92 bits per heavy atom. The summed E-state index contributed by atoms with van der Waals surface area (Å²) < 4.78 is 0. The fraction of sp³-hybridized carbons (Fsp3) is 0.765. The van der Waals surface area contributed by atoms with Gasteiger partial charge in [-0.2, -0.15) is 0 Å². The topological polar surface area (TPSA) is 52.6 Å². The zero-order valence-electron chi connectivity index (χ0n) is 15.4. The number of nitrogens with one attached hydrogen (secondary N) is 2. The van der Waals surface area contributed by atoms with Crippen LogP contribution in [0, 0.1) is 13.8 Å². The van der Waals surface area contributed by atoms with Crippen molar-refractivity contribution >= 4 is 41.3 Å². The second-order valence-corrected chi connectivity index (χ2v) is 7.63. The highest BCUT2D eigenvalue weighted by molar-refractivity contribution is 14.0. The molecule has 0 aliphatic heterocycles. The minimum atomic E-state index is 0. The van der Waals surface area contributed by atoms with Gasteiger partial charge in [-0.25, -0.2) is 4.98 Å². The van der Waals surface area contributed by atoms with E-state index in [4.69, 9.17) is 0 Å². The zero-order chi connectivity index (χ0) is 16.7. The van der Waals surface area contributed by atoms with Crippen LogP contribution in [0.15, 0.2) is 4.99 Å². The van der Waals surface area contributed by atoms with Crippen LogP contribution in [0.3, 0.4) is 0 Å². The van der Waals surface area contributed by atoms with Crippen LogP contribution in [0.2, 0.25) is 0 Å². The number of guanidine groups is 1. The Labute approximate surface area is 167 Å². The lowest BCUT2D eigenvalue weighted by molar-refractivity contribution is 0.249. The van der Waals surface area contributed by atoms with Crippen molar-refractivity contribution in [1.82, 2.24) is 20.5 Å². The van der Waals surface area contributed by atoms with E-state index < -0.39 is 0 Å². The molecule has 0 unspecified atom stereocenters. The predicted octanol–water partition coefficient (Wildman–Crippen LogP) is 2.96. The summed E-state index contributed by atoms with van der Waals surface area (Å²) in [7, 11) is 4.06. The summed E-state index contributed by atoms with van der Waals surface area (Å²) in [6.07, 6.45) is 6.44. The van der Waals surface area contributed by atoms with Crippen molar-refractivity contribution in [2.24, 2.45) is 4.99 Å². The Kier molecular flexibility index (Phi) is 10.1. The van der Waals surface area contributed by atoms with E-state index in [9.17, 15) is 0 Å². The fourth-order valence-corrected chi connectivity index (χ4v) is 3.97. The standard InChI is InChI=1S/C17H31N5S.HI/c1-13-14(2)23-16(21-13)9-10-19-17(18-3)20-11-12-22(4)15-7-5-6-8-15;/h15H,5-12H2,1-4H3,(H2,18,19,20);1H. The van der Waals surface area contributed by atoms with E-state index in [2.05, 4.69) is 46.4 Å². The lowest BCUT2D eigenvalue weighted by Gasteiger charge is -2.24. The molecule has 2 N–H and O–H groups in total. The summed E-state index contributed by atoms with van der Waals surface area (Å²) in [4.78, 5) is 12.7. The van der Waals surface area contributed by atoms with Crippen LogP contribution in [-0.4, -0.2) is 55.6 Å². The van der Waals surface area contributed by atoms with Gasteiger partial charge in [-0.1, -0.05) is 12.8 Å². The highest BCUT2D eigenvalue weighted by Crippen LogP contribution is 2.21. The van der Waals surface area contributed by atoms with E-state index in [-0.39, 0.29) is 24.0 Å². The number of aliphatic imine (C=N–C) groups is 1. The van der Waals surface area contributed by atoms with Crippen molar-refractivity contribution in [3.8, 4) is 0 Å². The average molecular weight is 465 g/mol. The number of hydrogen-bond acceptors (Lipinski definition) is 4. The van der Waals surface area contributed by atoms with Gasteiger partial charge >= 0.3 is 0 Å². The third-order valence-electron chi connectivity index (χ3n) is 4.63. The molecule has 1 aromatic rings. The maximum Gasteiger partial charge on any atom is 0.191 e. The third kappa shape index (κ3) is 6.84. The van der Waals surface area contributed by atoms with Crippen LogP contribution in [0.5, 0.6) is 0 Å². The molecular weight excluding hydrogens is 433 g/mol. The molecule has 5 nitrogen and oxygen atoms in total. The number of aromatic nitrogens is 1. The molecule has 0 bridgehead atoms. The summed E-state index contributed by atoms with van der Waals surface area (Å²) in [6, 6.07) is 0.781. The fourth-order valence-electron chi connectivity index (χ4n) is 3.03. The van der Waals surface area contributed by atoms with Gasteiger partial charge < -0.3 is 15.5 Å². The van der Waals surface area contributed by atoms with Gasteiger partial charge in [-0.15, -0.1) is 35.3 Å². The van der Waals surface area contributed by atoms with Crippen LogP contribution in [-0.2, 0) is 6.42 Å². The van der Waals surface area contributed by atoms with E-state index in [1.807, 2.05) is 7.05 Å². The normalized spacial score (nSPS) is 15.6. The molecule has 0 radical (unpaired) electrons. The molecule has 1 aliphatic carbocycles. The minimum Gasteiger partial charge on any atom is -0.356 e. The molecule has 0 aromatic carbocycles. The molecule has 0 amide bonds. The number of aryl methyl sites for hydroxylation is 2. The first-order chi connectivity index (χ1) is 11.1. The molecular formula is C17H32IN5S. The third-order valence-corrected chi connectivity index (χ3v) is 5.77. The monoisotopic (exact) mass is 465 g/mol.